The fourth-order valence-electron chi connectivity index (χ4n) is 3.16. The molecule has 0 spiro atoms. The number of nitrogens with one attached hydrogen (secondary N) is 1. The minimum Gasteiger partial charge on any atom is -0.495 e. The van der Waals surface area contributed by atoms with Gasteiger partial charge in [0.25, 0.3) is 0 Å². The van der Waals surface area contributed by atoms with Crippen LogP contribution in [0.1, 0.15) is 0 Å². The van der Waals surface area contributed by atoms with Crippen molar-refractivity contribution in [3.8, 4) is 5.75 Å². The van der Waals surface area contributed by atoms with Crippen LogP contribution in [-0.2, 0) is 10.0 Å². The molecule has 1 saturated heterocycles. The lowest BCUT2D eigenvalue weighted by Gasteiger charge is -2.36. The van der Waals surface area contributed by atoms with E-state index in [1.807, 2.05) is 24.3 Å². The second kappa shape index (κ2) is 9.33. The van der Waals surface area contributed by atoms with Crippen LogP contribution in [0.25, 0.3) is 0 Å². The molecule has 0 atom stereocenters. The Kier molecular flexibility index (Phi) is 7.06. The molecule has 28 heavy (non-hydrogen) atoms. The van der Waals surface area contributed by atoms with Gasteiger partial charge in [0.2, 0.25) is 10.0 Å². The van der Waals surface area contributed by atoms with Crippen molar-refractivity contribution in [3.05, 3.63) is 52.5 Å². The number of piperazine rings is 1. The molecule has 2 aromatic carbocycles. The molecule has 1 aliphatic heterocycles. The molecular weight excluding hydrogens is 421 g/mol. The van der Waals surface area contributed by atoms with Gasteiger partial charge in [0.15, 0.2) is 0 Å². The quantitative estimate of drug-likeness (QED) is 0.711. The van der Waals surface area contributed by atoms with Gasteiger partial charge in [-0.25, -0.2) is 13.1 Å². The monoisotopic (exact) mass is 443 g/mol. The summed E-state index contributed by atoms with van der Waals surface area (Å²) in [7, 11) is -2.26. The Morgan fingerprint density at radius 3 is 2.29 bits per heavy atom. The largest absolute Gasteiger partial charge is 0.495 e. The van der Waals surface area contributed by atoms with Gasteiger partial charge in [0.05, 0.1) is 7.11 Å². The van der Waals surface area contributed by atoms with E-state index in [1.54, 1.807) is 12.1 Å². The zero-order valence-electron chi connectivity index (χ0n) is 15.6. The van der Waals surface area contributed by atoms with Crippen molar-refractivity contribution >= 4 is 38.9 Å². The minimum absolute atomic E-state index is 0.0510. The molecule has 0 unspecified atom stereocenters. The fourth-order valence-corrected chi connectivity index (χ4v) is 4.73. The Morgan fingerprint density at radius 2 is 1.64 bits per heavy atom. The van der Waals surface area contributed by atoms with E-state index < -0.39 is 10.0 Å². The number of hydrogen-bond donors (Lipinski definition) is 1. The molecule has 9 heteroatoms. The van der Waals surface area contributed by atoms with Gasteiger partial charge in [0, 0.05) is 55.0 Å². The van der Waals surface area contributed by atoms with Gasteiger partial charge in [-0.2, -0.15) is 0 Å². The van der Waals surface area contributed by atoms with E-state index in [9.17, 15) is 8.42 Å². The first-order chi connectivity index (χ1) is 13.4. The van der Waals surface area contributed by atoms with Crippen LogP contribution in [0.15, 0.2) is 47.4 Å². The summed E-state index contributed by atoms with van der Waals surface area (Å²) < 4.78 is 32.9. The predicted octanol–water partition coefficient (Wildman–Crippen LogP) is 3.10. The van der Waals surface area contributed by atoms with Gasteiger partial charge in [-0.05, 0) is 42.5 Å². The first-order valence-corrected chi connectivity index (χ1v) is 11.2. The minimum atomic E-state index is -3.69. The van der Waals surface area contributed by atoms with Crippen LogP contribution in [0.4, 0.5) is 5.69 Å². The number of nitrogens with zero attached hydrogens (tertiary/aromatic N) is 2. The molecule has 0 saturated carbocycles. The smallest absolute Gasteiger partial charge is 0.244 e. The standard InChI is InChI=1S/C19H23Cl2N3O3S/c1-27-18-7-4-16(21)14-19(18)28(25,26)22-8-9-23-10-12-24(13-11-23)17-5-2-15(20)3-6-17/h2-7,14,22H,8-13H2,1H3. The Bertz CT molecular complexity index is 899. The van der Waals surface area contributed by atoms with E-state index >= 15 is 0 Å². The Morgan fingerprint density at radius 1 is 1.00 bits per heavy atom. The summed E-state index contributed by atoms with van der Waals surface area (Å²) in [5.74, 6) is 0.272. The van der Waals surface area contributed by atoms with Crippen LogP contribution in [0.3, 0.4) is 0 Å². The van der Waals surface area contributed by atoms with E-state index in [4.69, 9.17) is 27.9 Å². The number of anilines is 1. The topological polar surface area (TPSA) is 61.9 Å². The van der Waals surface area contributed by atoms with Crippen molar-refractivity contribution in [1.29, 1.82) is 0 Å². The SMILES string of the molecule is COc1ccc(Cl)cc1S(=O)(=O)NCCN1CCN(c2ccc(Cl)cc2)CC1. The van der Waals surface area contributed by atoms with Crippen LogP contribution in [0, 0.1) is 0 Å². The lowest BCUT2D eigenvalue weighted by molar-refractivity contribution is 0.262. The van der Waals surface area contributed by atoms with Gasteiger partial charge < -0.3 is 9.64 Å². The van der Waals surface area contributed by atoms with Crippen molar-refractivity contribution in [1.82, 2.24) is 9.62 Å². The highest BCUT2D eigenvalue weighted by molar-refractivity contribution is 7.89. The lowest BCUT2D eigenvalue weighted by Crippen LogP contribution is -2.48. The summed E-state index contributed by atoms with van der Waals surface area (Å²) in [6.07, 6.45) is 0. The molecule has 1 heterocycles. The van der Waals surface area contributed by atoms with Gasteiger partial charge in [-0.1, -0.05) is 23.2 Å². The lowest BCUT2D eigenvalue weighted by atomic mass is 10.2. The van der Waals surface area contributed by atoms with Gasteiger partial charge in [-0.15, -0.1) is 0 Å². The molecule has 152 valence electrons. The molecule has 1 fully saturated rings. The highest BCUT2D eigenvalue weighted by Crippen LogP contribution is 2.26. The first-order valence-electron chi connectivity index (χ1n) is 8.95. The second-order valence-corrected chi connectivity index (χ2v) is 9.11. The highest BCUT2D eigenvalue weighted by atomic mass is 35.5. The van der Waals surface area contributed by atoms with Crippen molar-refractivity contribution in [3.63, 3.8) is 0 Å². The fraction of sp³-hybridized carbons (Fsp3) is 0.368. The summed E-state index contributed by atoms with van der Waals surface area (Å²) in [5.41, 5.74) is 1.15. The number of methoxy groups -OCH3 is 1. The maximum absolute atomic E-state index is 12.6. The van der Waals surface area contributed by atoms with Crippen molar-refractivity contribution < 1.29 is 13.2 Å². The molecule has 1 N–H and O–H groups in total. The number of hydrogen-bond acceptors (Lipinski definition) is 5. The Hall–Kier alpha value is -1.51. The number of ether oxygens (including phenoxy) is 1. The van der Waals surface area contributed by atoms with Crippen molar-refractivity contribution in [2.24, 2.45) is 0 Å². The van der Waals surface area contributed by atoms with Crippen LogP contribution in [-0.4, -0.2) is 59.7 Å². The third-order valence-corrected chi connectivity index (χ3v) is 6.67. The summed E-state index contributed by atoms with van der Waals surface area (Å²) in [5, 5.41) is 1.07. The molecule has 0 aliphatic carbocycles. The van der Waals surface area contributed by atoms with E-state index in [2.05, 4.69) is 14.5 Å². The molecule has 3 rings (SSSR count). The highest BCUT2D eigenvalue weighted by Gasteiger charge is 2.21. The van der Waals surface area contributed by atoms with E-state index in [0.29, 0.717) is 18.1 Å². The van der Waals surface area contributed by atoms with Gasteiger partial charge in [-0.3, -0.25) is 4.90 Å². The van der Waals surface area contributed by atoms with Gasteiger partial charge in [0.1, 0.15) is 10.6 Å². The molecule has 0 aromatic heterocycles. The Balaban J connectivity index is 1.50. The molecular formula is C19H23Cl2N3O3S. The van der Waals surface area contributed by atoms with E-state index in [0.717, 1.165) is 36.9 Å². The first kappa shape index (κ1) is 21.2. The van der Waals surface area contributed by atoms with Crippen LogP contribution in [0.2, 0.25) is 10.0 Å². The maximum atomic E-state index is 12.6. The molecule has 1 aliphatic rings. The average Bonchev–Trinajstić information content (AvgIpc) is 2.69. The molecule has 0 bridgehead atoms. The Labute approximate surface area is 176 Å². The van der Waals surface area contributed by atoms with E-state index in [-0.39, 0.29) is 10.6 Å². The summed E-state index contributed by atoms with van der Waals surface area (Å²) in [6.45, 7) is 4.46. The molecule has 0 radical (unpaired) electrons. The number of sulfonamides is 1. The van der Waals surface area contributed by atoms with Crippen LogP contribution >= 0.6 is 23.2 Å². The zero-order chi connectivity index (χ0) is 20.1. The predicted molar refractivity (Wildman–Crippen MR) is 113 cm³/mol. The molecule has 0 amide bonds. The maximum Gasteiger partial charge on any atom is 0.244 e. The average molecular weight is 444 g/mol. The third kappa shape index (κ3) is 5.30. The number of halogens is 2. The zero-order valence-corrected chi connectivity index (χ0v) is 17.9. The van der Waals surface area contributed by atoms with Crippen LogP contribution in [0.5, 0.6) is 5.75 Å². The van der Waals surface area contributed by atoms with E-state index in [1.165, 1.54) is 13.2 Å². The van der Waals surface area contributed by atoms with Gasteiger partial charge >= 0.3 is 0 Å². The second-order valence-electron chi connectivity index (χ2n) is 6.50. The summed E-state index contributed by atoms with van der Waals surface area (Å²) >= 11 is 11.9. The molecule has 6 nitrogen and oxygen atoms in total. The van der Waals surface area contributed by atoms with Crippen molar-refractivity contribution in [2.75, 3.05) is 51.3 Å². The summed E-state index contributed by atoms with van der Waals surface area (Å²) in [6, 6.07) is 12.4. The van der Waals surface area contributed by atoms with Crippen molar-refractivity contribution in [2.45, 2.75) is 4.90 Å². The normalized spacial score (nSPS) is 15.6. The number of rotatable bonds is 7. The number of benzene rings is 2. The summed E-state index contributed by atoms with van der Waals surface area (Å²) in [4.78, 5) is 4.59. The molecule has 2 aromatic rings. The van der Waals surface area contributed by atoms with Crippen LogP contribution < -0.4 is 14.4 Å². The third-order valence-electron chi connectivity index (χ3n) is 4.70.